The van der Waals surface area contributed by atoms with E-state index >= 15 is 0 Å². The fourth-order valence-electron chi connectivity index (χ4n) is 2.29. The summed E-state index contributed by atoms with van der Waals surface area (Å²) >= 11 is 0. The molecule has 1 saturated carbocycles. The van der Waals surface area contributed by atoms with E-state index in [9.17, 15) is 4.79 Å². The van der Waals surface area contributed by atoms with Gasteiger partial charge in [0.1, 0.15) is 0 Å². The number of fused-ring (bicyclic) bond motifs is 1. The number of aromatic nitrogens is 2. The molecular weight excluding hydrogens is 164 g/mol. The van der Waals surface area contributed by atoms with E-state index in [2.05, 4.69) is 5.10 Å². The molecule has 2 aliphatic rings. The highest BCUT2D eigenvalue weighted by molar-refractivity contribution is 6.03. The number of hydrogen-bond acceptors (Lipinski definition) is 2. The molecule has 0 amide bonds. The number of aryl methyl sites for hydroxylation is 2. The summed E-state index contributed by atoms with van der Waals surface area (Å²) in [6, 6.07) is 0. The molecule has 1 heterocycles. The number of carbonyl (C=O) groups is 1. The molecule has 1 spiro atoms. The van der Waals surface area contributed by atoms with Crippen LogP contribution < -0.4 is 0 Å². The Morgan fingerprint density at radius 1 is 1.46 bits per heavy atom. The molecular formula is C10H12N2O. The molecule has 13 heavy (non-hydrogen) atoms. The number of carbonyl (C=O) groups excluding carboxylic acids is 1. The first kappa shape index (κ1) is 7.30. The van der Waals surface area contributed by atoms with Crippen molar-refractivity contribution >= 4 is 5.78 Å². The van der Waals surface area contributed by atoms with Crippen molar-refractivity contribution in [3.8, 4) is 0 Å². The fraction of sp³-hybridized carbons (Fsp3) is 0.600. The van der Waals surface area contributed by atoms with Crippen molar-refractivity contribution in [3.63, 3.8) is 0 Å². The van der Waals surface area contributed by atoms with Gasteiger partial charge in [-0.1, -0.05) is 0 Å². The van der Waals surface area contributed by atoms with E-state index < -0.39 is 0 Å². The Kier molecular flexibility index (Phi) is 1.14. The second-order valence-corrected chi connectivity index (χ2v) is 4.27. The molecule has 68 valence electrons. The zero-order valence-electron chi connectivity index (χ0n) is 7.71. The molecule has 0 aromatic carbocycles. The average Bonchev–Trinajstić information content (AvgIpc) is 2.78. The first-order valence-electron chi connectivity index (χ1n) is 4.79. The van der Waals surface area contributed by atoms with E-state index in [4.69, 9.17) is 0 Å². The second kappa shape index (κ2) is 2.03. The maximum atomic E-state index is 12.0. The summed E-state index contributed by atoms with van der Waals surface area (Å²) in [5.74, 6) is 0.349. The minimum absolute atomic E-state index is 0.0516. The van der Waals surface area contributed by atoms with Crippen molar-refractivity contribution in [2.75, 3.05) is 0 Å². The van der Waals surface area contributed by atoms with Crippen molar-refractivity contribution in [1.82, 2.24) is 9.78 Å². The summed E-state index contributed by atoms with van der Waals surface area (Å²) < 4.78 is 1.75. The third-order valence-electron chi connectivity index (χ3n) is 3.33. The van der Waals surface area contributed by atoms with Crippen molar-refractivity contribution < 1.29 is 4.79 Å². The average molecular weight is 176 g/mol. The van der Waals surface area contributed by atoms with Crippen LogP contribution in [-0.2, 0) is 13.5 Å². The van der Waals surface area contributed by atoms with E-state index in [0.29, 0.717) is 5.78 Å². The van der Waals surface area contributed by atoms with E-state index in [1.165, 1.54) is 0 Å². The molecule has 3 rings (SSSR count). The molecule has 0 aliphatic heterocycles. The van der Waals surface area contributed by atoms with Crippen LogP contribution in [0.15, 0.2) is 6.20 Å². The van der Waals surface area contributed by atoms with Crippen molar-refractivity contribution in [3.05, 3.63) is 17.5 Å². The van der Waals surface area contributed by atoms with Gasteiger partial charge in [-0.25, -0.2) is 0 Å². The lowest BCUT2D eigenvalue weighted by Gasteiger charge is -2.18. The van der Waals surface area contributed by atoms with E-state index in [0.717, 1.165) is 36.9 Å². The second-order valence-electron chi connectivity index (χ2n) is 4.27. The first-order valence-corrected chi connectivity index (χ1v) is 4.79. The van der Waals surface area contributed by atoms with Gasteiger partial charge < -0.3 is 0 Å². The predicted molar refractivity (Wildman–Crippen MR) is 47.5 cm³/mol. The molecule has 1 aromatic heterocycles. The molecule has 1 fully saturated rings. The van der Waals surface area contributed by atoms with Crippen LogP contribution in [0, 0.1) is 5.41 Å². The zero-order chi connectivity index (χ0) is 9.05. The minimum Gasteiger partial charge on any atom is -0.293 e. The molecule has 0 atom stereocenters. The molecule has 0 unspecified atom stereocenters. The standard InChI is InChI=1S/C10H12N2O/c1-12-6-7-8(11-12)2-3-10(4-5-10)9(7)13/h6H,2-5H2,1H3. The summed E-state index contributed by atoms with van der Waals surface area (Å²) in [5, 5.41) is 4.29. The number of hydrogen-bond donors (Lipinski definition) is 0. The summed E-state index contributed by atoms with van der Waals surface area (Å²) in [6.45, 7) is 0. The van der Waals surface area contributed by atoms with Crippen molar-refractivity contribution in [2.24, 2.45) is 12.5 Å². The summed E-state index contributed by atoms with van der Waals surface area (Å²) in [4.78, 5) is 12.0. The highest BCUT2D eigenvalue weighted by atomic mass is 16.1. The van der Waals surface area contributed by atoms with E-state index in [1.807, 2.05) is 13.2 Å². The zero-order valence-corrected chi connectivity index (χ0v) is 7.71. The van der Waals surface area contributed by atoms with Crippen LogP contribution in [0.3, 0.4) is 0 Å². The highest BCUT2D eigenvalue weighted by Crippen LogP contribution is 2.54. The molecule has 3 heteroatoms. The lowest BCUT2D eigenvalue weighted by molar-refractivity contribution is 0.0880. The Hall–Kier alpha value is -1.12. The van der Waals surface area contributed by atoms with Gasteiger partial charge in [0, 0.05) is 18.7 Å². The molecule has 0 N–H and O–H groups in total. The molecule has 2 aliphatic carbocycles. The van der Waals surface area contributed by atoms with Gasteiger partial charge in [0.25, 0.3) is 0 Å². The van der Waals surface area contributed by atoms with Gasteiger partial charge in [0.2, 0.25) is 0 Å². The lowest BCUT2D eigenvalue weighted by Crippen LogP contribution is -2.22. The van der Waals surface area contributed by atoms with Crippen LogP contribution in [0.2, 0.25) is 0 Å². The Balaban J connectivity index is 2.12. The topological polar surface area (TPSA) is 34.9 Å². The first-order chi connectivity index (χ1) is 6.21. The smallest absolute Gasteiger partial charge is 0.172 e. The summed E-state index contributed by atoms with van der Waals surface area (Å²) in [7, 11) is 1.88. The molecule has 0 saturated heterocycles. The van der Waals surface area contributed by atoms with Gasteiger partial charge in [-0.05, 0) is 25.7 Å². The summed E-state index contributed by atoms with van der Waals surface area (Å²) in [6.07, 6.45) is 6.08. The van der Waals surface area contributed by atoms with Gasteiger partial charge in [0.05, 0.1) is 11.3 Å². The van der Waals surface area contributed by atoms with Gasteiger partial charge in [0.15, 0.2) is 5.78 Å². The highest BCUT2D eigenvalue weighted by Gasteiger charge is 2.52. The minimum atomic E-state index is 0.0516. The van der Waals surface area contributed by atoms with Crippen LogP contribution in [0.1, 0.15) is 35.3 Å². The van der Waals surface area contributed by atoms with Crippen molar-refractivity contribution in [2.45, 2.75) is 25.7 Å². The third kappa shape index (κ3) is 0.844. The molecule has 1 aromatic rings. The van der Waals surface area contributed by atoms with Crippen LogP contribution >= 0.6 is 0 Å². The SMILES string of the molecule is Cn1cc2c(n1)CCC1(CC1)C2=O. The van der Waals surface area contributed by atoms with Crippen LogP contribution in [-0.4, -0.2) is 15.6 Å². The predicted octanol–water partition coefficient (Wildman–Crippen LogP) is 1.33. The fourth-order valence-corrected chi connectivity index (χ4v) is 2.29. The Morgan fingerprint density at radius 2 is 2.23 bits per heavy atom. The monoisotopic (exact) mass is 176 g/mol. The van der Waals surface area contributed by atoms with E-state index in [-0.39, 0.29) is 5.41 Å². The van der Waals surface area contributed by atoms with Gasteiger partial charge >= 0.3 is 0 Å². The van der Waals surface area contributed by atoms with E-state index in [1.54, 1.807) is 4.68 Å². The number of ketones is 1. The lowest BCUT2D eigenvalue weighted by atomic mass is 9.84. The number of rotatable bonds is 0. The Labute approximate surface area is 76.7 Å². The number of nitrogens with zero attached hydrogens (tertiary/aromatic N) is 2. The van der Waals surface area contributed by atoms with Crippen molar-refractivity contribution in [1.29, 1.82) is 0 Å². The van der Waals surface area contributed by atoms with Crippen LogP contribution in [0.5, 0.6) is 0 Å². The molecule has 3 nitrogen and oxygen atoms in total. The van der Waals surface area contributed by atoms with Gasteiger partial charge in [-0.3, -0.25) is 9.48 Å². The Bertz CT molecular complexity index is 388. The Morgan fingerprint density at radius 3 is 2.92 bits per heavy atom. The number of Topliss-reactive ketones (excluding diaryl/α,β-unsaturated/α-hetero) is 1. The van der Waals surface area contributed by atoms with Crippen LogP contribution in [0.25, 0.3) is 0 Å². The quantitative estimate of drug-likeness (QED) is 0.597. The van der Waals surface area contributed by atoms with Gasteiger partial charge in [-0.15, -0.1) is 0 Å². The van der Waals surface area contributed by atoms with Gasteiger partial charge in [-0.2, -0.15) is 5.10 Å². The molecule has 0 bridgehead atoms. The molecule has 0 radical (unpaired) electrons. The maximum absolute atomic E-state index is 12.0. The largest absolute Gasteiger partial charge is 0.293 e. The third-order valence-corrected chi connectivity index (χ3v) is 3.33. The van der Waals surface area contributed by atoms with Crippen LogP contribution in [0.4, 0.5) is 0 Å². The summed E-state index contributed by atoms with van der Waals surface area (Å²) in [5.41, 5.74) is 1.94. The normalized spacial score (nSPS) is 23.3. The maximum Gasteiger partial charge on any atom is 0.172 e.